The van der Waals surface area contributed by atoms with Crippen LogP contribution in [0.3, 0.4) is 0 Å². The van der Waals surface area contributed by atoms with Gasteiger partial charge < -0.3 is 27.0 Å². The van der Waals surface area contributed by atoms with Crippen molar-refractivity contribution in [2.75, 3.05) is 39.7 Å². The van der Waals surface area contributed by atoms with E-state index in [9.17, 15) is 15.0 Å². The molecule has 75 heavy (non-hydrogen) atoms. The minimum atomic E-state index is -0.458. The SMILES string of the molecule is C#C.CC.CCCCCCCCCCCCCCC.CCCCCCCCCCCCCCCC(O)C(CO)N(CCCC)CCCCCCOC(=O)C(CCCCCC)CCCCCCCC.CO.CS.[CH2-]C.[Y]. The molecule has 0 heterocycles. The van der Waals surface area contributed by atoms with E-state index < -0.39 is 6.10 Å². The number of unbranched alkanes of at least 4 members (excludes halogenated alkanes) is 36. The summed E-state index contributed by atoms with van der Waals surface area (Å²) in [6.45, 7) is 25.0. The van der Waals surface area contributed by atoms with Crippen molar-refractivity contribution in [1.82, 2.24) is 4.90 Å². The number of rotatable bonds is 52. The largest absolute Gasteiger partial charge is 0.465 e. The van der Waals surface area contributed by atoms with E-state index in [1.54, 1.807) is 13.2 Å². The summed E-state index contributed by atoms with van der Waals surface area (Å²) in [4.78, 5) is 15.3. The fourth-order valence-corrected chi connectivity index (χ4v) is 9.37. The van der Waals surface area contributed by atoms with E-state index in [1.807, 2.05) is 13.8 Å². The molecule has 0 aromatic heterocycles. The Bertz CT molecular complexity index is 902. The summed E-state index contributed by atoms with van der Waals surface area (Å²) in [7, 11) is 1.00. The van der Waals surface area contributed by atoms with Crippen LogP contribution in [0.4, 0.5) is 0 Å². The third-order valence-electron chi connectivity index (χ3n) is 13.9. The minimum Gasteiger partial charge on any atom is -0.465 e. The van der Waals surface area contributed by atoms with Crippen molar-refractivity contribution < 1.29 is 57.6 Å². The van der Waals surface area contributed by atoms with Crippen LogP contribution in [-0.4, -0.2) is 78.0 Å². The predicted octanol–water partition coefficient (Wildman–Crippen LogP) is 21.1. The number of carbonyl (C=O) groups excluding carboxylic acids is 1. The van der Waals surface area contributed by atoms with Crippen molar-refractivity contribution in [3.8, 4) is 12.8 Å². The number of esters is 1. The zero-order valence-corrected chi connectivity index (χ0v) is 57.1. The van der Waals surface area contributed by atoms with Gasteiger partial charge >= 0.3 is 5.97 Å². The minimum absolute atomic E-state index is 0. The maximum atomic E-state index is 13.0. The van der Waals surface area contributed by atoms with Crippen LogP contribution >= 0.6 is 12.6 Å². The van der Waals surface area contributed by atoms with E-state index in [-0.39, 0.29) is 57.2 Å². The van der Waals surface area contributed by atoms with Crippen LogP contribution in [0.5, 0.6) is 0 Å². The van der Waals surface area contributed by atoms with Crippen molar-refractivity contribution in [3.63, 3.8) is 0 Å². The Labute approximate surface area is 506 Å². The van der Waals surface area contributed by atoms with Crippen molar-refractivity contribution in [2.45, 2.75) is 363 Å². The molecule has 3 N–H and O–H groups in total. The number of hydrogen-bond acceptors (Lipinski definition) is 7. The Morgan fingerprint density at radius 2 is 0.680 bits per heavy atom. The third kappa shape index (κ3) is 80.9. The second kappa shape index (κ2) is 93.6. The van der Waals surface area contributed by atoms with Crippen LogP contribution in [0.15, 0.2) is 0 Å². The second-order valence-corrected chi connectivity index (χ2v) is 20.3. The van der Waals surface area contributed by atoms with Gasteiger partial charge in [0.1, 0.15) is 0 Å². The average Bonchev–Trinajstić information content (AvgIpc) is 3.44. The molecule has 0 aliphatic rings. The first-order valence-corrected chi connectivity index (χ1v) is 33.5. The number of aliphatic hydroxyl groups excluding tert-OH is 3. The summed E-state index contributed by atoms with van der Waals surface area (Å²) in [6, 6.07) is -0.161. The number of nitrogens with zero attached hydrogens (tertiary/aromatic N) is 1. The topological polar surface area (TPSA) is 90.2 Å². The molecule has 0 amide bonds. The number of ether oxygens (including phenoxy) is 1. The Hall–Kier alpha value is 0.324. The normalized spacial score (nSPS) is 11.4. The first-order chi connectivity index (χ1) is 36.5. The molecule has 0 aromatic rings. The maximum absolute atomic E-state index is 13.0. The van der Waals surface area contributed by atoms with Gasteiger partial charge in [-0.15, -0.1) is 12.8 Å². The van der Waals surface area contributed by atoms with Crippen LogP contribution in [0.25, 0.3) is 0 Å². The maximum Gasteiger partial charge on any atom is 0.308 e. The molecule has 8 heteroatoms. The zero-order chi connectivity index (χ0) is 57.2. The molecule has 3 atom stereocenters. The van der Waals surface area contributed by atoms with Crippen LogP contribution in [0.2, 0.25) is 0 Å². The molecule has 0 fully saturated rings. The number of carbonyl (C=O) groups is 1. The van der Waals surface area contributed by atoms with Gasteiger partial charge in [0.05, 0.1) is 31.3 Å². The van der Waals surface area contributed by atoms with Crippen molar-refractivity contribution in [1.29, 1.82) is 0 Å². The molecule has 0 aliphatic carbocycles. The molecule has 0 spiro atoms. The fourth-order valence-electron chi connectivity index (χ4n) is 9.37. The molecule has 0 saturated heterocycles. The van der Waals surface area contributed by atoms with Gasteiger partial charge in [-0.2, -0.15) is 19.6 Å². The molecule has 0 aliphatic heterocycles. The van der Waals surface area contributed by atoms with Gasteiger partial charge in [0, 0.05) is 39.8 Å². The van der Waals surface area contributed by atoms with Crippen molar-refractivity contribution in [2.24, 2.45) is 5.92 Å². The molecule has 455 valence electrons. The standard InChI is InChI=1S/C44H89NO4.C15H32.C2H6.C2H5.C2H2.CH4O.CH4S.Y/c1-5-9-13-16-18-19-20-21-22-23-24-26-31-36-43(47)42(40-46)45(37-12-8-4)38-32-27-28-33-39-49-44(48)41(34-29-15-11-7-3)35-30-25-17-14-10-6-2;1-3-5-7-9-11-13-15-14-12-10-8-6-4-2;5*1-2;/h41-43,46-47H,5-40H2,1-4H3;3-15H2,1-2H3;1-2H3;1H2,2H3;1-2H;2*2H,1H3;/q;;;-1;;;;. The van der Waals surface area contributed by atoms with Gasteiger partial charge in [-0.3, -0.25) is 9.69 Å². The van der Waals surface area contributed by atoms with Gasteiger partial charge in [-0.25, -0.2) is 0 Å². The van der Waals surface area contributed by atoms with Gasteiger partial charge in [0.15, 0.2) is 0 Å². The van der Waals surface area contributed by atoms with E-state index in [4.69, 9.17) is 9.84 Å². The molecule has 0 rings (SSSR count). The van der Waals surface area contributed by atoms with Gasteiger partial charge in [-0.05, 0) is 57.9 Å². The summed E-state index contributed by atoms with van der Waals surface area (Å²) in [5.74, 6) is 0.121. The van der Waals surface area contributed by atoms with E-state index in [0.29, 0.717) is 6.61 Å². The van der Waals surface area contributed by atoms with E-state index in [1.165, 1.54) is 212 Å². The molecule has 0 bridgehead atoms. The molecule has 0 saturated carbocycles. The van der Waals surface area contributed by atoms with E-state index >= 15 is 0 Å². The van der Waals surface area contributed by atoms with E-state index in [0.717, 1.165) is 97.2 Å². The number of thiol groups is 1. The Balaban J connectivity index is -0.000000240. The monoisotopic (exact) mass is 1160 g/mol. The van der Waals surface area contributed by atoms with Crippen LogP contribution in [-0.2, 0) is 42.2 Å². The smallest absolute Gasteiger partial charge is 0.308 e. The molecule has 1 radical (unpaired) electrons. The number of aliphatic hydroxyl groups is 3. The fraction of sp³-hybridized carbons (Fsp3) is 0.940. The quantitative estimate of drug-likeness (QED) is 0.0160. The van der Waals surface area contributed by atoms with Crippen molar-refractivity contribution in [3.05, 3.63) is 6.92 Å². The molecular weight excluding hydrogens is 1020 g/mol. The van der Waals surface area contributed by atoms with Crippen LogP contribution in [0, 0.1) is 25.7 Å². The second-order valence-electron chi connectivity index (χ2n) is 20.3. The van der Waals surface area contributed by atoms with Crippen LogP contribution in [0.1, 0.15) is 351 Å². The van der Waals surface area contributed by atoms with Gasteiger partial charge in [0.2, 0.25) is 0 Å². The molecule has 6 nitrogen and oxygen atoms in total. The first-order valence-electron chi connectivity index (χ1n) is 32.6. The van der Waals surface area contributed by atoms with Crippen molar-refractivity contribution >= 4 is 18.6 Å². The Morgan fingerprint density at radius 3 is 0.987 bits per heavy atom. The van der Waals surface area contributed by atoms with E-state index in [2.05, 4.69) is 78.8 Å². The molecule has 3 unspecified atom stereocenters. The summed E-state index contributed by atoms with van der Waals surface area (Å²) in [5.41, 5.74) is 0. The van der Waals surface area contributed by atoms with Crippen LogP contribution < -0.4 is 0 Å². The molecule has 0 aromatic carbocycles. The summed E-state index contributed by atoms with van der Waals surface area (Å²) in [6.07, 6.45) is 67.0. The molecular formula is C67H142NO5SY-. The average molecular weight is 1160 g/mol. The number of terminal acetylenes is 1. The Morgan fingerprint density at radius 1 is 0.440 bits per heavy atom. The predicted molar refractivity (Wildman–Crippen MR) is 340 cm³/mol. The van der Waals surface area contributed by atoms with Gasteiger partial charge in [-0.1, -0.05) is 306 Å². The van der Waals surface area contributed by atoms with Gasteiger partial charge in [0.25, 0.3) is 0 Å². The summed E-state index contributed by atoms with van der Waals surface area (Å²) in [5, 5.41) is 28.3. The first kappa shape index (κ1) is 91.8. The number of hydrogen-bond donors (Lipinski definition) is 4. The Kier molecular flexibility index (Phi) is 115. The third-order valence-corrected chi connectivity index (χ3v) is 13.9. The summed E-state index contributed by atoms with van der Waals surface area (Å²) >= 11 is 3.53. The zero-order valence-electron chi connectivity index (χ0n) is 53.4. The summed E-state index contributed by atoms with van der Waals surface area (Å²) < 4.78 is 5.81.